The van der Waals surface area contributed by atoms with Gasteiger partial charge < -0.3 is 9.80 Å². The Kier molecular flexibility index (Phi) is 3.45. The van der Waals surface area contributed by atoms with Gasteiger partial charge in [-0.15, -0.1) is 0 Å². The van der Waals surface area contributed by atoms with Gasteiger partial charge in [-0.05, 0) is 57.3 Å². The summed E-state index contributed by atoms with van der Waals surface area (Å²) in [6.07, 6.45) is 0. The second-order valence-corrected chi connectivity index (χ2v) is 7.90. The first-order valence-electron chi connectivity index (χ1n) is 10.0. The van der Waals surface area contributed by atoms with Crippen LogP contribution in [0.5, 0.6) is 0 Å². The van der Waals surface area contributed by atoms with Crippen molar-refractivity contribution >= 4 is 22.1 Å². The van der Waals surface area contributed by atoms with E-state index in [0.717, 1.165) is 26.2 Å². The van der Waals surface area contributed by atoms with Crippen molar-refractivity contribution in [3.8, 4) is 0 Å². The van der Waals surface area contributed by atoms with Gasteiger partial charge >= 0.3 is 0 Å². The summed E-state index contributed by atoms with van der Waals surface area (Å²) in [6, 6.07) is 31.0. The molecule has 6 rings (SSSR count). The fraction of sp³-hybridized carbons (Fsp3) is 0.154. The SMILES string of the molecule is c1ccc(N2Cc3ccc4c5c(ccc(c35)C2)CN(c2ccccc2)C4)cc1. The van der Waals surface area contributed by atoms with Gasteiger partial charge in [-0.3, -0.25) is 0 Å². The number of hydrogen-bond donors (Lipinski definition) is 0. The highest BCUT2D eigenvalue weighted by molar-refractivity contribution is 5.96. The molecule has 4 aromatic carbocycles. The zero-order valence-corrected chi connectivity index (χ0v) is 15.8. The predicted octanol–water partition coefficient (Wildman–Crippen LogP) is 5.88. The van der Waals surface area contributed by atoms with Gasteiger partial charge in [0, 0.05) is 37.6 Å². The van der Waals surface area contributed by atoms with Crippen LogP contribution < -0.4 is 9.80 Å². The fourth-order valence-corrected chi connectivity index (χ4v) is 4.89. The zero-order valence-electron chi connectivity index (χ0n) is 15.8. The van der Waals surface area contributed by atoms with E-state index in [9.17, 15) is 0 Å². The topological polar surface area (TPSA) is 6.48 Å². The Bertz CT molecular complexity index is 1020. The molecule has 0 aliphatic carbocycles. The van der Waals surface area contributed by atoms with Gasteiger partial charge in [0.15, 0.2) is 0 Å². The molecular weight excluding hydrogens is 340 g/mol. The van der Waals surface area contributed by atoms with E-state index in [0.29, 0.717) is 0 Å². The van der Waals surface area contributed by atoms with Crippen molar-refractivity contribution in [3.05, 3.63) is 107 Å². The van der Waals surface area contributed by atoms with E-state index < -0.39 is 0 Å². The monoisotopic (exact) mass is 362 g/mol. The van der Waals surface area contributed by atoms with Crippen LogP contribution in [0.15, 0.2) is 84.9 Å². The minimum absolute atomic E-state index is 0.986. The molecule has 0 N–H and O–H groups in total. The fourth-order valence-electron chi connectivity index (χ4n) is 4.89. The highest BCUT2D eigenvalue weighted by Crippen LogP contribution is 2.39. The van der Waals surface area contributed by atoms with Crippen LogP contribution in [0.25, 0.3) is 10.8 Å². The van der Waals surface area contributed by atoms with Crippen molar-refractivity contribution < 1.29 is 0 Å². The number of anilines is 2. The molecule has 0 saturated carbocycles. The Morgan fingerprint density at radius 2 is 0.714 bits per heavy atom. The summed E-state index contributed by atoms with van der Waals surface area (Å²) in [6.45, 7) is 3.94. The van der Waals surface area contributed by atoms with E-state index in [1.807, 2.05) is 0 Å². The number of nitrogens with zero attached hydrogens (tertiary/aromatic N) is 2. The third-order valence-electron chi connectivity index (χ3n) is 6.19. The lowest BCUT2D eigenvalue weighted by molar-refractivity contribution is 0.769. The summed E-state index contributed by atoms with van der Waals surface area (Å²) in [5.41, 5.74) is 8.43. The van der Waals surface area contributed by atoms with Crippen molar-refractivity contribution in [2.45, 2.75) is 26.2 Å². The molecule has 2 aliphatic heterocycles. The summed E-state index contributed by atoms with van der Waals surface area (Å²) in [5.74, 6) is 0. The maximum atomic E-state index is 2.48. The lowest BCUT2D eigenvalue weighted by Crippen LogP contribution is -2.29. The molecule has 0 radical (unpaired) electrons. The summed E-state index contributed by atoms with van der Waals surface area (Å²) in [5, 5.41) is 3.02. The van der Waals surface area contributed by atoms with Crippen LogP contribution in [0.1, 0.15) is 22.3 Å². The van der Waals surface area contributed by atoms with Crippen LogP contribution in [0, 0.1) is 0 Å². The molecule has 2 nitrogen and oxygen atoms in total. The van der Waals surface area contributed by atoms with Crippen molar-refractivity contribution in [2.24, 2.45) is 0 Å². The molecule has 2 aliphatic rings. The molecule has 0 spiro atoms. The van der Waals surface area contributed by atoms with Crippen LogP contribution in [0.2, 0.25) is 0 Å². The minimum Gasteiger partial charge on any atom is -0.363 e. The first-order chi connectivity index (χ1) is 13.9. The molecule has 0 atom stereocenters. The number of para-hydroxylation sites is 2. The quantitative estimate of drug-likeness (QED) is 0.439. The van der Waals surface area contributed by atoms with E-state index in [-0.39, 0.29) is 0 Å². The third-order valence-corrected chi connectivity index (χ3v) is 6.19. The normalized spacial score (nSPS) is 15.1. The molecule has 0 saturated heterocycles. The Labute approximate surface area is 165 Å². The van der Waals surface area contributed by atoms with Crippen molar-refractivity contribution in [2.75, 3.05) is 9.80 Å². The van der Waals surface area contributed by atoms with E-state index in [1.54, 1.807) is 0 Å². The molecule has 0 fully saturated rings. The van der Waals surface area contributed by atoms with Gasteiger partial charge in [0.05, 0.1) is 0 Å². The van der Waals surface area contributed by atoms with Gasteiger partial charge in [-0.2, -0.15) is 0 Å². The van der Waals surface area contributed by atoms with Gasteiger partial charge in [-0.25, -0.2) is 0 Å². The molecule has 2 heterocycles. The zero-order chi connectivity index (χ0) is 18.5. The maximum Gasteiger partial charge on any atom is 0.0439 e. The Morgan fingerprint density at radius 3 is 1.04 bits per heavy atom. The predicted molar refractivity (Wildman–Crippen MR) is 117 cm³/mol. The number of benzene rings is 4. The Morgan fingerprint density at radius 1 is 0.393 bits per heavy atom. The van der Waals surface area contributed by atoms with Gasteiger partial charge in [0.1, 0.15) is 0 Å². The lowest BCUT2D eigenvalue weighted by Gasteiger charge is -2.36. The number of hydrogen-bond acceptors (Lipinski definition) is 2. The summed E-state index contributed by atoms with van der Waals surface area (Å²) in [7, 11) is 0. The maximum absolute atomic E-state index is 2.48. The molecule has 0 bridgehead atoms. The molecule has 0 amide bonds. The number of rotatable bonds is 2. The summed E-state index contributed by atoms with van der Waals surface area (Å²) < 4.78 is 0. The van der Waals surface area contributed by atoms with E-state index >= 15 is 0 Å². The van der Waals surface area contributed by atoms with Crippen LogP contribution in [0.3, 0.4) is 0 Å². The molecular formula is C26H22N2. The van der Waals surface area contributed by atoms with Crippen LogP contribution >= 0.6 is 0 Å². The molecule has 28 heavy (non-hydrogen) atoms. The van der Waals surface area contributed by atoms with Gasteiger partial charge in [0.25, 0.3) is 0 Å². The Balaban J connectivity index is 1.43. The van der Waals surface area contributed by atoms with Crippen LogP contribution in [-0.4, -0.2) is 0 Å². The standard InChI is InChI=1S/C26H22N2/c1-3-7-23(8-4-1)27-15-19-11-13-21-17-28(24-9-5-2-6-10-24)18-22-14-12-20(16-27)25(19)26(21)22/h1-14H,15-18H2. The largest absolute Gasteiger partial charge is 0.363 e. The van der Waals surface area contributed by atoms with Crippen LogP contribution in [0.4, 0.5) is 11.4 Å². The molecule has 4 aromatic rings. The van der Waals surface area contributed by atoms with E-state index in [2.05, 4.69) is 94.7 Å². The van der Waals surface area contributed by atoms with Crippen molar-refractivity contribution in [3.63, 3.8) is 0 Å². The van der Waals surface area contributed by atoms with Gasteiger partial charge in [0.2, 0.25) is 0 Å². The second-order valence-electron chi connectivity index (χ2n) is 7.90. The molecule has 0 aromatic heterocycles. The Hall–Kier alpha value is -3.26. The molecule has 2 heteroatoms. The molecule has 0 unspecified atom stereocenters. The summed E-state index contributed by atoms with van der Waals surface area (Å²) >= 11 is 0. The van der Waals surface area contributed by atoms with Gasteiger partial charge in [-0.1, -0.05) is 60.7 Å². The highest BCUT2D eigenvalue weighted by atomic mass is 15.1. The van der Waals surface area contributed by atoms with E-state index in [4.69, 9.17) is 0 Å². The highest BCUT2D eigenvalue weighted by Gasteiger charge is 2.25. The van der Waals surface area contributed by atoms with E-state index in [1.165, 1.54) is 44.4 Å². The minimum atomic E-state index is 0.986. The lowest BCUT2D eigenvalue weighted by atomic mass is 9.87. The van der Waals surface area contributed by atoms with Crippen LogP contribution in [-0.2, 0) is 26.2 Å². The molecule has 136 valence electrons. The van der Waals surface area contributed by atoms with Crippen molar-refractivity contribution in [1.82, 2.24) is 0 Å². The summed E-state index contributed by atoms with van der Waals surface area (Å²) in [4.78, 5) is 4.97. The average Bonchev–Trinajstić information content (AvgIpc) is 2.78. The first kappa shape index (κ1) is 15.8. The first-order valence-corrected chi connectivity index (χ1v) is 10.0. The van der Waals surface area contributed by atoms with Crippen molar-refractivity contribution in [1.29, 1.82) is 0 Å². The third kappa shape index (κ3) is 2.41. The average molecular weight is 362 g/mol. The second kappa shape index (κ2) is 6.13. The smallest absolute Gasteiger partial charge is 0.0439 e.